The predicted molar refractivity (Wildman–Crippen MR) is 88.0 cm³/mol. The van der Waals surface area contributed by atoms with Crippen LogP contribution in [0.3, 0.4) is 0 Å². The van der Waals surface area contributed by atoms with E-state index in [4.69, 9.17) is 23.2 Å². The molecule has 5 heteroatoms. The first-order valence-corrected chi connectivity index (χ1v) is 8.21. The van der Waals surface area contributed by atoms with E-state index in [0.29, 0.717) is 15.9 Å². The largest absolute Gasteiger partial charge is 0.369 e. The van der Waals surface area contributed by atoms with E-state index in [0.717, 1.165) is 37.2 Å². The zero-order valence-corrected chi connectivity index (χ0v) is 13.7. The Morgan fingerprint density at radius 3 is 2.50 bits per heavy atom. The predicted octanol–water partition coefficient (Wildman–Crippen LogP) is 5.06. The number of nitrogens with zero attached hydrogens (tertiary/aromatic N) is 1. The quantitative estimate of drug-likeness (QED) is 0.770. The van der Waals surface area contributed by atoms with Crippen LogP contribution >= 0.6 is 23.2 Å². The lowest BCUT2D eigenvalue weighted by atomic mass is 9.98. The number of rotatable bonds is 6. The number of pyridine rings is 1. The summed E-state index contributed by atoms with van der Waals surface area (Å²) in [5, 5.41) is 7.77. The third-order valence-electron chi connectivity index (χ3n) is 4.04. The fourth-order valence-corrected chi connectivity index (χ4v) is 3.20. The van der Waals surface area contributed by atoms with Crippen molar-refractivity contribution in [1.82, 2.24) is 4.98 Å². The molecule has 1 aliphatic carbocycles. The molecule has 2 atom stereocenters. The van der Waals surface area contributed by atoms with Crippen LogP contribution in [0.5, 0.6) is 0 Å². The van der Waals surface area contributed by atoms with Gasteiger partial charge in [-0.05, 0) is 30.7 Å². The van der Waals surface area contributed by atoms with Crippen molar-refractivity contribution in [3.8, 4) is 0 Å². The normalized spacial score (nSPS) is 22.0. The second-order valence-corrected chi connectivity index (χ2v) is 6.44. The third kappa shape index (κ3) is 3.92. The Morgan fingerprint density at radius 2 is 1.90 bits per heavy atom. The van der Waals surface area contributed by atoms with Crippen molar-refractivity contribution in [3.05, 3.63) is 16.1 Å². The first-order chi connectivity index (χ1) is 9.61. The molecule has 112 valence electrons. The summed E-state index contributed by atoms with van der Waals surface area (Å²) in [5.74, 6) is 2.94. The Balaban J connectivity index is 2.02. The molecular weight excluding hydrogens is 293 g/mol. The van der Waals surface area contributed by atoms with Gasteiger partial charge in [0.2, 0.25) is 0 Å². The van der Waals surface area contributed by atoms with Gasteiger partial charge < -0.3 is 10.6 Å². The molecule has 0 spiro atoms. The lowest BCUT2D eigenvalue weighted by Crippen LogP contribution is -2.17. The Hall–Kier alpha value is -0.670. The standard InChI is InChI=1S/C15H23Cl2N3/c1-3-7-18-14-12(16)8-13(17)15(20-14)19-9-11-6-4-5-10(11)2/h8,10-11H,3-7,9H2,1-2H3,(H2,18,19,20). The molecule has 2 unspecified atom stereocenters. The minimum absolute atomic E-state index is 0.572. The minimum atomic E-state index is 0.572. The van der Waals surface area contributed by atoms with Crippen molar-refractivity contribution in [1.29, 1.82) is 0 Å². The van der Waals surface area contributed by atoms with Gasteiger partial charge in [0.05, 0.1) is 10.0 Å². The summed E-state index contributed by atoms with van der Waals surface area (Å²) in [7, 11) is 0. The second-order valence-electron chi connectivity index (χ2n) is 5.63. The van der Waals surface area contributed by atoms with E-state index < -0.39 is 0 Å². The van der Waals surface area contributed by atoms with Crippen molar-refractivity contribution in [3.63, 3.8) is 0 Å². The molecule has 0 aromatic carbocycles. The number of hydrogen-bond acceptors (Lipinski definition) is 3. The molecule has 1 aliphatic rings. The molecule has 0 amide bonds. The highest BCUT2D eigenvalue weighted by Crippen LogP contribution is 2.33. The summed E-state index contributed by atoms with van der Waals surface area (Å²) in [5.41, 5.74) is 0. The van der Waals surface area contributed by atoms with Gasteiger partial charge in [0.15, 0.2) is 0 Å². The number of halogens is 2. The topological polar surface area (TPSA) is 37.0 Å². The fraction of sp³-hybridized carbons (Fsp3) is 0.667. The van der Waals surface area contributed by atoms with Crippen LogP contribution in [0.25, 0.3) is 0 Å². The highest BCUT2D eigenvalue weighted by atomic mass is 35.5. The van der Waals surface area contributed by atoms with E-state index in [2.05, 4.69) is 29.5 Å². The average Bonchev–Trinajstić information content (AvgIpc) is 2.82. The lowest BCUT2D eigenvalue weighted by Gasteiger charge is -2.18. The molecular formula is C15H23Cl2N3. The number of hydrogen-bond donors (Lipinski definition) is 2. The first kappa shape index (κ1) is 15.7. The van der Waals surface area contributed by atoms with Crippen LogP contribution in [0, 0.1) is 11.8 Å². The van der Waals surface area contributed by atoms with Gasteiger partial charge in [-0.1, -0.05) is 49.9 Å². The van der Waals surface area contributed by atoms with Crippen LogP contribution in [-0.4, -0.2) is 18.1 Å². The second kappa shape index (κ2) is 7.37. The molecule has 1 fully saturated rings. The van der Waals surface area contributed by atoms with Crippen molar-refractivity contribution in [2.75, 3.05) is 23.7 Å². The van der Waals surface area contributed by atoms with Crippen LogP contribution in [-0.2, 0) is 0 Å². The summed E-state index contributed by atoms with van der Waals surface area (Å²) in [4.78, 5) is 4.51. The zero-order valence-electron chi connectivity index (χ0n) is 12.2. The molecule has 2 N–H and O–H groups in total. The SMILES string of the molecule is CCCNc1nc(NCC2CCCC2C)c(Cl)cc1Cl. The molecule has 0 bridgehead atoms. The van der Waals surface area contributed by atoms with E-state index in [1.54, 1.807) is 6.07 Å². The van der Waals surface area contributed by atoms with Crippen molar-refractivity contribution >= 4 is 34.8 Å². The molecule has 0 aliphatic heterocycles. The van der Waals surface area contributed by atoms with Gasteiger partial charge in [-0.25, -0.2) is 4.98 Å². The molecule has 1 aromatic rings. The number of aromatic nitrogens is 1. The molecule has 2 rings (SSSR count). The smallest absolute Gasteiger partial charge is 0.147 e. The Labute approximate surface area is 131 Å². The number of anilines is 2. The molecule has 20 heavy (non-hydrogen) atoms. The molecule has 3 nitrogen and oxygen atoms in total. The Morgan fingerprint density at radius 1 is 1.20 bits per heavy atom. The summed E-state index contributed by atoms with van der Waals surface area (Å²) in [6.07, 6.45) is 4.99. The Bertz CT molecular complexity index is 451. The van der Waals surface area contributed by atoms with Gasteiger partial charge in [-0.2, -0.15) is 0 Å². The maximum Gasteiger partial charge on any atom is 0.147 e. The van der Waals surface area contributed by atoms with Crippen molar-refractivity contribution in [2.24, 2.45) is 11.8 Å². The molecule has 1 heterocycles. The van der Waals surface area contributed by atoms with Gasteiger partial charge >= 0.3 is 0 Å². The van der Waals surface area contributed by atoms with Gasteiger partial charge in [0.1, 0.15) is 11.6 Å². The molecule has 1 aromatic heterocycles. The van der Waals surface area contributed by atoms with E-state index in [1.807, 2.05) is 0 Å². The summed E-state index contributed by atoms with van der Waals surface area (Å²) in [6.45, 7) is 6.22. The van der Waals surface area contributed by atoms with Gasteiger partial charge in [-0.3, -0.25) is 0 Å². The van der Waals surface area contributed by atoms with Gasteiger partial charge in [0.25, 0.3) is 0 Å². The summed E-state index contributed by atoms with van der Waals surface area (Å²) in [6, 6.07) is 1.76. The third-order valence-corrected chi connectivity index (χ3v) is 4.62. The maximum atomic E-state index is 6.22. The first-order valence-electron chi connectivity index (χ1n) is 7.45. The zero-order chi connectivity index (χ0) is 14.5. The van der Waals surface area contributed by atoms with Crippen LogP contribution in [0.1, 0.15) is 39.5 Å². The summed E-state index contributed by atoms with van der Waals surface area (Å²) < 4.78 is 0. The van der Waals surface area contributed by atoms with Crippen molar-refractivity contribution < 1.29 is 0 Å². The van der Waals surface area contributed by atoms with Crippen LogP contribution in [0.2, 0.25) is 10.0 Å². The van der Waals surface area contributed by atoms with Crippen molar-refractivity contribution in [2.45, 2.75) is 39.5 Å². The van der Waals surface area contributed by atoms with Gasteiger partial charge in [0, 0.05) is 13.1 Å². The van der Waals surface area contributed by atoms with E-state index in [-0.39, 0.29) is 0 Å². The van der Waals surface area contributed by atoms with E-state index in [1.165, 1.54) is 19.3 Å². The van der Waals surface area contributed by atoms with Crippen LogP contribution in [0.4, 0.5) is 11.6 Å². The minimum Gasteiger partial charge on any atom is -0.369 e. The fourth-order valence-electron chi connectivity index (χ4n) is 2.71. The summed E-state index contributed by atoms with van der Waals surface area (Å²) >= 11 is 12.4. The average molecular weight is 316 g/mol. The lowest BCUT2D eigenvalue weighted by molar-refractivity contribution is 0.439. The molecule has 0 saturated heterocycles. The monoisotopic (exact) mass is 315 g/mol. The Kier molecular flexibility index (Phi) is 5.79. The molecule has 1 saturated carbocycles. The molecule has 0 radical (unpaired) electrons. The van der Waals surface area contributed by atoms with E-state index in [9.17, 15) is 0 Å². The number of nitrogens with one attached hydrogen (secondary N) is 2. The van der Waals surface area contributed by atoms with Gasteiger partial charge in [-0.15, -0.1) is 0 Å². The highest BCUT2D eigenvalue weighted by molar-refractivity contribution is 6.37. The van der Waals surface area contributed by atoms with Crippen LogP contribution in [0.15, 0.2) is 6.07 Å². The van der Waals surface area contributed by atoms with E-state index >= 15 is 0 Å². The highest BCUT2D eigenvalue weighted by Gasteiger charge is 2.23. The van der Waals surface area contributed by atoms with Crippen LogP contribution < -0.4 is 10.6 Å². The maximum absolute atomic E-state index is 6.22.